The number of aromatic nitrogens is 1. The van der Waals surface area contributed by atoms with Crippen LogP contribution in [0.2, 0.25) is 0 Å². The Labute approximate surface area is 84.0 Å². The number of thiazole rings is 1. The number of methoxy groups -OCH3 is 1. The fraction of sp³-hybridized carbons (Fsp3) is 0.125. The van der Waals surface area contributed by atoms with Crippen LogP contribution in [-0.4, -0.2) is 12.1 Å². The van der Waals surface area contributed by atoms with E-state index in [1.54, 1.807) is 18.4 Å². The van der Waals surface area contributed by atoms with E-state index in [9.17, 15) is 0 Å². The first kappa shape index (κ1) is 8.80. The first-order chi connectivity index (χ1) is 6.33. The van der Waals surface area contributed by atoms with Crippen molar-refractivity contribution in [2.75, 3.05) is 7.11 Å². The van der Waals surface area contributed by atoms with Gasteiger partial charge in [0.2, 0.25) is 0 Å². The molecule has 0 aliphatic heterocycles. The molecule has 2 N–H and O–H groups in total. The number of benzene rings is 1. The number of hydrogen-bond acceptors (Lipinski definition) is 5. The van der Waals surface area contributed by atoms with Gasteiger partial charge in [0.1, 0.15) is 5.75 Å². The second-order valence-electron chi connectivity index (χ2n) is 2.43. The number of hydrogen-bond donors (Lipinski definition) is 1. The minimum Gasteiger partial charge on any atom is -0.497 e. The molecule has 0 unspecified atom stereocenters. The molecule has 0 saturated heterocycles. The van der Waals surface area contributed by atoms with E-state index in [1.165, 1.54) is 11.9 Å². The summed E-state index contributed by atoms with van der Waals surface area (Å²) in [7, 11) is 1.64. The maximum absolute atomic E-state index is 5.42. The molecule has 0 atom stereocenters. The summed E-state index contributed by atoms with van der Waals surface area (Å²) in [5, 5.41) is 5.42. The Bertz CT molecular complexity index is 425. The molecule has 1 heterocycles. The Balaban J connectivity index is 2.57. The molecule has 0 spiro atoms. The number of fused-ring (bicyclic) bond motifs is 1. The smallest absolute Gasteiger partial charge is 0.165 e. The van der Waals surface area contributed by atoms with Gasteiger partial charge in [-0.05, 0) is 24.1 Å². The summed E-state index contributed by atoms with van der Waals surface area (Å²) < 4.78 is 7.10. The quantitative estimate of drug-likeness (QED) is 0.776. The monoisotopic (exact) mass is 212 g/mol. The lowest BCUT2D eigenvalue weighted by Crippen LogP contribution is -1.81. The molecule has 0 aliphatic rings. The van der Waals surface area contributed by atoms with Crippen molar-refractivity contribution < 1.29 is 4.74 Å². The van der Waals surface area contributed by atoms with Gasteiger partial charge in [-0.3, -0.25) is 5.14 Å². The van der Waals surface area contributed by atoms with Gasteiger partial charge in [-0.15, -0.1) is 11.3 Å². The predicted molar refractivity (Wildman–Crippen MR) is 56.2 cm³/mol. The molecule has 1 aromatic heterocycles. The SMILES string of the molecule is COc1ccc2sc(SN)nc2c1. The van der Waals surface area contributed by atoms with Crippen LogP contribution >= 0.6 is 23.3 Å². The average molecular weight is 212 g/mol. The number of nitrogens with zero attached hydrogens (tertiary/aromatic N) is 1. The van der Waals surface area contributed by atoms with Crippen molar-refractivity contribution in [1.29, 1.82) is 0 Å². The predicted octanol–water partition coefficient (Wildman–Crippen LogP) is 2.27. The van der Waals surface area contributed by atoms with Gasteiger partial charge < -0.3 is 4.74 Å². The minimum atomic E-state index is 0.825. The van der Waals surface area contributed by atoms with Crippen LogP contribution in [0.3, 0.4) is 0 Å². The Morgan fingerprint density at radius 2 is 2.38 bits per heavy atom. The highest BCUT2D eigenvalue weighted by atomic mass is 32.2. The van der Waals surface area contributed by atoms with Crippen LogP contribution in [0.15, 0.2) is 22.5 Å². The normalized spacial score (nSPS) is 10.6. The zero-order valence-electron chi connectivity index (χ0n) is 6.98. The second-order valence-corrected chi connectivity index (χ2v) is 4.34. The van der Waals surface area contributed by atoms with Crippen LogP contribution < -0.4 is 9.88 Å². The molecule has 2 rings (SSSR count). The van der Waals surface area contributed by atoms with Crippen LogP contribution in [0.1, 0.15) is 0 Å². The van der Waals surface area contributed by atoms with Gasteiger partial charge in [0.05, 0.1) is 17.3 Å². The van der Waals surface area contributed by atoms with Crippen molar-refractivity contribution in [2.45, 2.75) is 4.34 Å². The summed E-state index contributed by atoms with van der Waals surface area (Å²) in [4.78, 5) is 4.32. The first-order valence-corrected chi connectivity index (χ1v) is 5.34. The maximum atomic E-state index is 5.42. The van der Waals surface area contributed by atoms with E-state index in [0.717, 1.165) is 20.3 Å². The number of ether oxygens (including phenoxy) is 1. The molecule has 2 aromatic rings. The molecule has 0 fully saturated rings. The Kier molecular flexibility index (Phi) is 2.39. The molecular weight excluding hydrogens is 204 g/mol. The summed E-state index contributed by atoms with van der Waals surface area (Å²) in [5.41, 5.74) is 0.942. The third-order valence-electron chi connectivity index (χ3n) is 1.68. The third-order valence-corrected chi connectivity index (χ3v) is 3.34. The van der Waals surface area contributed by atoms with Crippen LogP contribution in [-0.2, 0) is 0 Å². The van der Waals surface area contributed by atoms with E-state index in [4.69, 9.17) is 9.88 Å². The molecule has 0 saturated carbocycles. The van der Waals surface area contributed by atoms with Crippen LogP contribution in [0.4, 0.5) is 0 Å². The first-order valence-electron chi connectivity index (χ1n) is 3.65. The lowest BCUT2D eigenvalue weighted by Gasteiger charge is -1.96. The zero-order chi connectivity index (χ0) is 9.26. The van der Waals surface area contributed by atoms with Gasteiger partial charge in [0.15, 0.2) is 4.34 Å². The Hall–Kier alpha value is -0.780. The molecule has 0 radical (unpaired) electrons. The van der Waals surface area contributed by atoms with Crippen LogP contribution in [0.5, 0.6) is 5.75 Å². The van der Waals surface area contributed by atoms with Crippen LogP contribution in [0.25, 0.3) is 10.2 Å². The van der Waals surface area contributed by atoms with Gasteiger partial charge >= 0.3 is 0 Å². The summed E-state index contributed by atoms with van der Waals surface area (Å²) in [6, 6.07) is 5.82. The van der Waals surface area contributed by atoms with Gasteiger partial charge in [0, 0.05) is 6.07 Å². The van der Waals surface area contributed by atoms with E-state index >= 15 is 0 Å². The van der Waals surface area contributed by atoms with E-state index in [0.29, 0.717) is 0 Å². The van der Waals surface area contributed by atoms with E-state index < -0.39 is 0 Å². The van der Waals surface area contributed by atoms with Crippen molar-refractivity contribution in [3.05, 3.63) is 18.2 Å². The molecule has 3 nitrogen and oxygen atoms in total. The molecule has 1 aromatic carbocycles. The molecule has 13 heavy (non-hydrogen) atoms. The summed E-state index contributed by atoms with van der Waals surface area (Å²) in [6.45, 7) is 0. The minimum absolute atomic E-state index is 0.825. The fourth-order valence-electron chi connectivity index (χ4n) is 1.06. The summed E-state index contributed by atoms with van der Waals surface area (Å²) in [6.07, 6.45) is 0. The van der Waals surface area contributed by atoms with E-state index in [2.05, 4.69) is 4.98 Å². The Morgan fingerprint density at radius 1 is 1.54 bits per heavy atom. The van der Waals surface area contributed by atoms with Crippen molar-refractivity contribution >= 4 is 33.5 Å². The van der Waals surface area contributed by atoms with Crippen molar-refractivity contribution in [1.82, 2.24) is 4.98 Å². The van der Waals surface area contributed by atoms with Crippen LogP contribution in [0, 0.1) is 0 Å². The van der Waals surface area contributed by atoms with E-state index in [1.807, 2.05) is 18.2 Å². The van der Waals surface area contributed by atoms with Gasteiger partial charge in [-0.1, -0.05) is 0 Å². The molecular formula is C8H8N2OS2. The lowest BCUT2D eigenvalue weighted by atomic mass is 10.3. The van der Waals surface area contributed by atoms with Gasteiger partial charge in [-0.2, -0.15) is 0 Å². The summed E-state index contributed by atoms with van der Waals surface area (Å²) >= 11 is 2.76. The van der Waals surface area contributed by atoms with Gasteiger partial charge in [-0.25, -0.2) is 4.98 Å². The molecule has 68 valence electrons. The highest BCUT2D eigenvalue weighted by molar-refractivity contribution is 7.99. The highest BCUT2D eigenvalue weighted by Gasteiger charge is 2.03. The fourth-order valence-corrected chi connectivity index (χ4v) is 2.35. The van der Waals surface area contributed by atoms with Crippen molar-refractivity contribution in [3.8, 4) is 5.75 Å². The maximum Gasteiger partial charge on any atom is 0.165 e. The second kappa shape index (κ2) is 3.53. The number of nitrogens with two attached hydrogens (primary N) is 1. The summed E-state index contributed by atoms with van der Waals surface area (Å²) in [5.74, 6) is 0.825. The van der Waals surface area contributed by atoms with Crippen molar-refractivity contribution in [3.63, 3.8) is 0 Å². The van der Waals surface area contributed by atoms with Crippen molar-refractivity contribution in [2.24, 2.45) is 5.14 Å². The largest absolute Gasteiger partial charge is 0.497 e. The third kappa shape index (κ3) is 1.63. The molecule has 0 amide bonds. The molecule has 0 aliphatic carbocycles. The molecule has 0 bridgehead atoms. The number of rotatable bonds is 2. The highest BCUT2D eigenvalue weighted by Crippen LogP contribution is 2.29. The topological polar surface area (TPSA) is 48.1 Å². The lowest BCUT2D eigenvalue weighted by molar-refractivity contribution is 0.415. The average Bonchev–Trinajstić information content (AvgIpc) is 2.58. The standard InChI is InChI=1S/C8H8N2OS2/c1-11-5-2-3-7-6(4-5)10-8(12-7)13-9/h2-4H,9H2,1H3. The molecule has 5 heteroatoms. The zero-order valence-corrected chi connectivity index (χ0v) is 8.61. The van der Waals surface area contributed by atoms with Gasteiger partial charge in [0.25, 0.3) is 0 Å². The Morgan fingerprint density at radius 3 is 3.08 bits per heavy atom. The van der Waals surface area contributed by atoms with E-state index in [-0.39, 0.29) is 0 Å².